The lowest BCUT2D eigenvalue weighted by Gasteiger charge is -2.37. The highest BCUT2D eigenvalue weighted by Crippen LogP contribution is 2.41. The molecule has 2 saturated carbocycles. The van der Waals surface area contributed by atoms with Crippen LogP contribution in [-0.4, -0.2) is 67.2 Å². The maximum Gasteiger partial charge on any atom is 0.374 e. The number of amides is 1. The number of carbonyl (C=O) groups is 3. The Balaban J connectivity index is 1.15. The first-order valence-corrected chi connectivity index (χ1v) is 16.9. The highest BCUT2D eigenvalue weighted by Gasteiger charge is 2.46. The number of carbonyl (C=O) groups excluding carboxylic acids is 3. The van der Waals surface area contributed by atoms with E-state index in [0.29, 0.717) is 37.5 Å². The van der Waals surface area contributed by atoms with Crippen molar-refractivity contribution in [3.05, 3.63) is 35.6 Å². The molecule has 0 bridgehead atoms. The minimum atomic E-state index is -0.527. The van der Waals surface area contributed by atoms with Crippen LogP contribution in [0, 0.1) is 23.7 Å². The molecule has 240 valence electrons. The fourth-order valence-corrected chi connectivity index (χ4v) is 8.31. The second kappa shape index (κ2) is 14.1. The number of nitrogens with zero attached hydrogens (tertiary/aromatic N) is 1. The summed E-state index contributed by atoms with van der Waals surface area (Å²) in [5.74, 6) is 0.429. The van der Waals surface area contributed by atoms with Gasteiger partial charge < -0.3 is 24.5 Å². The predicted octanol–water partition coefficient (Wildman–Crippen LogP) is 5.78. The van der Waals surface area contributed by atoms with E-state index in [2.05, 4.69) is 0 Å². The van der Waals surface area contributed by atoms with E-state index >= 15 is 0 Å². The van der Waals surface area contributed by atoms with Gasteiger partial charge in [-0.15, -0.1) is 0 Å². The largest absolute Gasteiger partial charge is 0.457 e. The van der Waals surface area contributed by atoms with Crippen LogP contribution in [0.15, 0.2) is 28.7 Å². The van der Waals surface area contributed by atoms with Gasteiger partial charge in [-0.2, -0.15) is 0 Å². The molecule has 0 radical (unpaired) electrons. The van der Waals surface area contributed by atoms with E-state index in [1.54, 1.807) is 12.1 Å². The molecule has 44 heavy (non-hydrogen) atoms. The lowest BCUT2D eigenvalue weighted by atomic mass is 9.75. The number of fused-ring (bicyclic) bond motifs is 1. The Bertz CT molecular complexity index is 1310. The molecule has 6 rings (SSSR count). The van der Waals surface area contributed by atoms with Gasteiger partial charge in [-0.25, -0.2) is 9.18 Å². The molecule has 4 fully saturated rings. The van der Waals surface area contributed by atoms with Crippen LogP contribution in [0.1, 0.15) is 93.2 Å². The summed E-state index contributed by atoms with van der Waals surface area (Å²) in [6.07, 6.45) is 11.7. The van der Waals surface area contributed by atoms with Gasteiger partial charge in [-0.1, -0.05) is 38.2 Å². The minimum Gasteiger partial charge on any atom is -0.457 e. The lowest BCUT2D eigenvalue weighted by Crippen LogP contribution is -2.48. The molecule has 4 atom stereocenters. The van der Waals surface area contributed by atoms with Gasteiger partial charge in [0, 0.05) is 36.9 Å². The molecule has 2 aliphatic carbocycles. The quantitative estimate of drug-likeness (QED) is 0.340. The van der Waals surface area contributed by atoms with Crippen LogP contribution in [0.4, 0.5) is 4.39 Å². The van der Waals surface area contributed by atoms with Crippen molar-refractivity contribution in [2.75, 3.05) is 26.4 Å². The number of alkyl halides is 1. The Morgan fingerprint density at radius 3 is 2.50 bits per heavy atom. The maximum absolute atomic E-state index is 14.1. The van der Waals surface area contributed by atoms with Gasteiger partial charge in [-0.3, -0.25) is 9.59 Å². The van der Waals surface area contributed by atoms with Gasteiger partial charge in [-0.05, 0) is 86.5 Å². The van der Waals surface area contributed by atoms with Crippen molar-refractivity contribution in [2.45, 2.75) is 102 Å². The van der Waals surface area contributed by atoms with Crippen molar-refractivity contribution < 1.29 is 32.7 Å². The van der Waals surface area contributed by atoms with E-state index < -0.39 is 24.7 Å². The van der Waals surface area contributed by atoms with E-state index in [4.69, 9.17) is 19.6 Å². The van der Waals surface area contributed by atoms with Crippen molar-refractivity contribution in [1.82, 2.24) is 4.90 Å². The number of hydrogen-bond donors (Lipinski definition) is 1. The third-order valence-corrected chi connectivity index (χ3v) is 10.8. The number of esters is 1. The molecule has 2 saturated heterocycles. The van der Waals surface area contributed by atoms with Crippen LogP contribution in [-0.2, 0) is 25.5 Å². The first-order chi connectivity index (χ1) is 21.4. The summed E-state index contributed by atoms with van der Waals surface area (Å²) in [7, 11) is 0. The average Bonchev–Trinajstić information content (AvgIpc) is 3.83. The molecule has 9 heteroatoms. The molecule has 1 aromatic heterocycles. The molecule has 2 aliphatic heterocycles. The summed E-state index contributed by atoms with van der Waals surface area (Å²) in [5.41, 5.74) is 7.37. The molecule has 0 spiro atoms. The van der Waals surface area contributed by atoms with E-state index in [1.807, 2.05) is 17.0 Å². The zero-order chi connectivity index (χ0) is 30.6. The average molecular weight is 611 g/mol. The molecule has 1 aromatic carbocycles. The summed E-state index contributed by atoms with van der Waals surface area (Å²) in [6, 6.07) is 6.37. The molecular formula is C35H47FN2O6. The van der Waals surface area contributed by atoms with Gasteiger partial charge >= 0.3 is 5.97 Å². The highest BCUT2D eigenvalue weighted by molar-refractivity contribution is 5.94. The number of rotatable bonds is 10. The number of ether oxygens (including phenoxy) is 2. The number of likely N-dealkylation sites (tertiary alicyclic amines) is 1. The molecule has 8 nitrogen and oxygen atoms in total. The van der Waals surface area contributed by atoms with Crippen molar-refractivity contribution >= 4 is 28.6 Å². The van der Waals surface area contributed by atoms with Crippen LogP contribution in [0.5, 0.6) is 0 Å². The number of hydrogen-bond acceptors (Lipinski definition) is 7. The van der Waals surface area contributed by atoms with Crippen LogP contribution in [0.25, 0.3) is 11.0 Å². The Hall–Kier alpha value is -2.78. The fourth-order valence-electron chi connectivity index (χ4n) is 8.31. The molecule has 2 N–H and O–H groups in total. The third kappa shape index (κ3) is 6.89. The Morgan fingerprint density at radius 1 is 0.977 bits per heavy atom. The Morgan fingerprint density at radius 2 is 1.77 bits per heavy atom. The maximum atomic E-state index is 14.1. The standard InChI is InChI=1S/C35H47FN2O6/c36-20-29(37)24-9-11-25(12-10-24)34(40)38-15-14-28(23-5-2-1-3-6-23)33(38)30(39)18-22-8-13-31-26(17-22)19-32(44-31)35(41)43-21-27-7-4-16-42-27/h8,13,17,19,23-25,27-29,33H,1-7,9-12,14-16,18,20-21,37H2/t24?,25?,27?,28-,29?,33-/m0/s1. The number of Topliss-reactive ketones (excluding diaryl/α,β-unsaturated/α-hetero) is 1. The van der Waals surface area contributed by atoms with E-state index in [1.165, 1.54) is 19.3 Å². The molecule has 2 unspecified atom stereocenters. The molecule has 2 aromatic rings. The zero-order valence-corrected chi connectivity index (χ0v) is 25.7. The SMILES string of the molecule is NC(CF)C1CCC(C(=O)N2CC[C@@H](C3CCCCC3)[C@H]2C(=O)Cc2ccc3oc(C(=O)OCC4CCCO4)cc3c2)CC1. The normalized spacial score (nSPS) is 28.8. The number of ketones is 1. The van der Waals surface area contributed by atoms with Crippen LogP contribution in [0.2, 0.25) is 0 Å². The monoisotopic (exact) mass is 610 g/mol. The Labute approximate surface area is 259 Å². The minimum absolute atomic E-state index is 0.0601. The summed E-state index contributed by atoms with van der Waals surface area (Å²) >= 11 is 0. The third-order valence-electron chi connectivity index (χ3n) is 10.8. The smallest absolute Gasteiger partial charge is 0.374 e. The summed E-state index contributed by atoms with van der Waals surface area (Å²) < 4.78 is 29.9. The number of benzene rings is 1. The number of halogens is 1. The van der Waals surface area contributed by atoms with Gasteiger partial charge in [0.1, 0.15) is 18.9 Å². The second-order valence-corrected chi connectivity index (χ2v) is 13.6. The molecule has 4 aliphatic rings. The first kappa shape index (κ1) is 31.2. The predicted molar refractivity (Wildman–Crippen MR) is 164 cm³/mol. The van der Waals surface area contributed by atoms with Crippen molar-refractivity contribution in [2.24, 2.45) is 29.4 Å². The van der Waals surface area contributed by atoms with Crippen LogP contribution >= 0.6 is 0 Å². The molecule has 3 heterocycles. The van der Waals surface area contributed by atoms with Gasteiger partial charge in [0.25, 0.3) is 0 Å². The van der Waals surface area contributed by atoms with Gasteiger partial charge in [0.05, 0.1) is 12.1 Å². The second-order valence-electron chi connectivity index (χ2n) is 13.6. The van der Waals surface area contributed by atoms with Gasteiger partial charge in [0.15, 0.2) is 5.78 Å². The zero-order valence-electron chi connectivity index (χ0n) is 25.7. The highest BCUT2D eigenvalue weighted by atomic mass is 19.1. The summed E-state index contributed by atoms with van der Waals surface area (Å²) in [4.78, 5) is 42.6. The summed E-state index contributed by atoms with van der Waals surface area (Å²) in [5, 5.41) is 0.741. The Kier molecular flexibility index (Phi) is 10.0. The van der Waals surface area contributed by atoms with Gasteiger partial charge in [0.2, 0.25) is 11.7 Å². The first-order valence-electron chi connectivity index (χ1n) is 16.9. The number of furan rings is 1. The van der Waals surface area contributed by atoms with Crippen molar-refractivity contribution in [3.63, 3.8) is 0 Å². The fraction of sp³-hybridized carbons (Fsp3) is 0.686. The molecular weight excluding hydrogens is 563 g/mol. The molecule has 1 amide bonds. The van der Waals surface area contributed by atoms with E-state index in [0.717, 1.165) is 55.9 Å². The van der Waals surface area contributed by atoms with E-state index in [9.17, 15) is 18.8 Å². The lowest BCUT2D eigenvalue weighted by molar-refractivity contribution is -0.143. The topological polar surface area (TPSA) is 112 Å². The van der Waals surface area contributed by atoms with Crippen LogP contribution in [0.3, 0.4) is 0 Å². The summed E-state index contributed by atoms with van der Waals surface area (Å²) in [6.45, 7) is 1.00. The van der Waals surface area contributed by atoms with Crippen LogP contribution < -0.4 is 5.73 Å². The van der Waals surface area contributed by atoms with Crippen molar-refractivity contribution in [1.29, 1.82) is 0 Å². The van der Waals surface area contributed by atoms with E-state index in [-0.39, 0.29) is 54.3 Å². The van der Waals surface area contributed by atoms with Crippen molar-refractivity contribution in [3.8, 4) is 0 Å². The number of nitrogens with two attached hydrogens (primary N) is 1.